The Kier molecular flexibility index (Phi) is 3.81. The van der Waals surface area contributed by atoms with Crippen LogP contribution in [0.25, 0.3) is 0 Å². The molecule has 0 fully saturated rings. The van der Waals surface area contributed by atoms with E-state index in [1.807, 2.05) is 31.2 Å². The molecule has 0 spiro atoms. The SMILES string of the molecule is CCOC(=O)C1=NN(c2ccc(C)cc2)C(C#N)C1. The zero-order valence-corrected chi connectivity index (χ0v) is 11.0. The standard InChI is InChI=1S/C14H15N3O2/c1-3-19-14(18)13-8-12(9-15)17(16-13)11-6-4-10(2)5-7-11/h4-7,12H,3,8H2,1-2H3. The molecule has 1 heterocycles. The maximum Gasteiger partial charge on any atom is 0.354 e. The molecule has 1 aromatic carbocycles. The summed E-state index contributed by atoms with van der Waals surface area (Å²) < 4.78 is 4.92. The quantitative estimate of drug-likeness (QED) is 0.777. The lowest BCUT2D eigenvalue weighted by Crippen LogP contribution is -2.24. The summed E-state index contributed by atoms with van der Waals surface area (Å²) in [4.78, 5) is 11.6. The monoisotopic (exact) mass is 257 g/mol. The van der Waals surface area contributed by atoms with E-state index in [-0.39, 0.29) is 0 Å². The number of benzene rings is 1. The molecular formula is C14H15N3O2. The summed E-state index contributed by atoms with van der Waals surface area (Å²) >= 11 is 0. The number of hydrogen-bond donors (Lipinski definition) is 0. The number of carbonyl (C=O) groups is 1. The second-order valence-corrected chi connectivity index (χ2v) is 4.30. The molecular weight excluding hydrogens is 242 g/mol. The number of esters is 1. The third kappa shape index (κ3) is 2.74. The van der Waals surface area contributed by atoms with Crippen molar-refractivity contribution in [1.82, 2.24) is 0 Å². The van der Waals surface area contributed by atoms with Crippen molar-refractivity contribution < 1.29 is 9.53 Å². The van der Waals surface area contributed by atoms with Crippen molar-refractivity contribution in [1.29, 1.82) is 5.26 Å². The molecule has 19 heavy (non-hydrogen) atoms. The molecule has 0 bridgehead atoms. The Balaban J connectivity index is 2.25. The number of ether oxygens (including phenoxy) is 1. The molecule has 1 atom stereocenters. The van der Waals surface area contributed by atoms with E-state index >= 15 is 0 Å². The maximum atomic E-state index is 11.6. The number of hydrogen-bond acceptors (Lipinski definition) is 5. The molecule has 0 saturated heterocycles. The Morgan fingerprint density at radius 2 is 2.21 bits per heavy atom. The number of nitrogens with zero attached hydrogens (tertiary/aromatic N) is 3. The Morgan fingerprint density at radius 1 is 1.53 bits per heavy atom. The van der Waals surface area contributed by atoms with Crippen molar-refractivity contribution in [3.8, 4) is 6.07 Å². The van der Waals surface area contributed by atoms with Gasteiger partial charge in [0.15, 0.2) is 0 Å². The van der Waals surface area contributed by atoms with Gasteiger partial charge in [0.1, 0.15) is 11.8 Å². The number of rotatable bonds is 3. The summed E-state index contributed by atoms with van der Waals surface area (Å²) in [5.74, 6) is -0.447. The van der Waals surface area contributed by atoms with E-state index < -0.39 is 12.0 Å². The van der Waals surface area contributed by atoms with Gasteiger partial charge < -0.3 is 4.74 Å². The molecule has 1 aliphatic heterocycles. The lowest BCUT2D eigenvalue weighted by molar-refractivity contribution is -0.135. The van der Waals surface area contributed by atoms with Crippen molar-refractivity contribution in [2.24, 2.45) is 5.10 Å². The molecule has 0 aromatic heterocycles. The maximum absolute atomic E-state index is 11.6. The van der Waals surface area contributed by atoms with Crippen LogP contribution in [0.3, 0.4) is 0 Å². The molecule has 0 aliphatic carbocycles. The normalized spacial score (nSPS) is 17.8. The fourth-order valence-electron chi connectivity index (χ4n) is 1.88. The molecule has 0 N–H and O–H groups in total. The van der Waals surface area contributed by atoms with Gasteiger partial charge in [-0.05, 0) is 26.0 Å². The molecule has 98 valence electrons. The summed E-state index contributed by atoms with van der Waals surface area (Å²) in [5.41, 5.74) is 2.23. The molecule has 2 rings (SSSR count). The van der Waals surface area contributed by atoms with Crippen LogP contribution in [-0.2, 0) is 9.53 Å². The third-order valence-corrected chi connectivity index (χ3v) is 2.87. The van der Waals surface area contributed by atoms with Gasteiger partial charge in [0.25, 0.3) is 0 Å². The van der Waals surface area contributed by atoms with E-state index in [1.54, 1.807) is 11.9 Å². The summed E-state index contributed by atoms with van der Waals surface area (Å²) in [6, 6.07) is 9.37. The van der Waals surface area contributed by atoms with Crippen molar-refractivity contribution in [3.63, 3.8) is 0 Å². The lowest BCUT2D eigenvalue weighted by Gasteiger charge is -2.17. The van der Waals surface area contributed by atoms with Crippen molar-refractivity contribution in [2.75, 3.05) is 11.6 Å². The van der Waals surface area contributed by atoms with Crippen LogP contribution in [0.2, 0.25) is 0 Å². The Hall–Kier alpha value is -2.35. The van der Waals surface area contributed by atoms with Crippen molar-refractivity contribution >= 4 is 17.4 Å². The van der Waals surface area contributed by atoms with Crippen molar-refractivity contribution in [2.45, 2.75) is 26.3 Å². The Labute approximate surface area is 112 Å². The highest BCUT2D eigenvalue weighted by Gasteiger charge is 2.31. The van der Waals surface area contributed by atoms with E-state index in [1.165, 1.54) is 0 Å². The first-order chi connectivity index (χ1) is 9.15. The third-order valence-electron chi connectivity index (χ3n) is 2.87. The van der Waals surface area contributed by atoms with Gasteiger partial charge in [-0.3, -0.25) is 0 Å². The van der Waals surface area contributed by atoms with Gasteiger partial charge in [0, 0.05) is 6.42 Å². The second-order valence-electron chi connectivity index (χ2n) is 4.30. The van der Waals surface area contributed by atoms with Gasteiger partial charge in [-0.2, -0.15) is 10.4 Å². The summed E-state index contributed by atoms with van der Waals surface area (Å²) in [5, 5.41) is 15.0. The van der Waals surface area contributed by atoms with E-state index in [0.29, 0.717) is 18.7 Å². The van der Waals surface area contributed by atoms with Gasteiger partial charge >= 0.3 is 5.97 Å². The van der Waals surface area contributed by atoms with Crippen LogP contribution in [0, 0.1) is 18.3 Å². The minimum atomic E-state index is -0.456. The molecule has 1 aromatic rings. The first-order valence-corrected chi connectivity index (χ1v) is 6.15. The van der Waals surface area contributed by atoms with Crippen LogP contribution in [-0.4, -0.2) is 24.3 Å². The minimum Gasteiger partial charge on any atom is -0.461 e. The van der Waals surface area contributed by atoms with E-state index in [2.05, 4.69) is 11.2 Å². The number of aryl methyl sites for hydroxylation is 1. The first kappa shape index (κ1) is 13.1. The minimum absolute atomic E-state index is 0.295. The molecule has 0 amide bonds. The van der Waals surface area contributed by atoms with E-state index in [4.69, 9.17) is 10.00 Å². The summed E-state index contributed by atoms with van der Waals surface area (Å²) in [6.07, 6.45) is 0.295. The molecule has 1 unspecified atom stereocenters. The van der Waals surface area contributed by atoms with Crippen molar-refractivity contribution in [3.05, 3.63) is 29.8 Å². The highest BCUT2D eigenvalue weighted by atomic mass is 16.5. The Bertz CT molecular complexity index is 543. The molecule has 0 saturated carbocycles. The lowest BCUT2D eigenvalue weighted by atomic mass is 10.1. The summed E-state index contributed by atoms with van der Waals surface area (Å²) in [6.45, 7) is 4.04. The fraction of sp³-hybridized carbons (Fsp3) is 0.357. The second kappa shape index (κ2) is 5.53. The highest BCUT2D eigenvalue weighted by Crippen LogP contribution is 2.24. The van der Waals surface area contributed by atoms with Gasteiger partial charge in [0.05, 0.1) is 18.4 Å². The average Bonchev–Trinajstić information content (AvgIpc) is 2.84. The number of nitriles is 1. The van der Waals surface area contributed by atoms with Crippen LogP contribution >= 0.6 is 0 Å². The smallest absolute Gasteiger partial charge is 0.354 e. The van der Waals surface area contributed by atoms with Gasteiger partial charge in [-0.1, -0.05) is 17.7 Å². The van der Waals surface area contributed by atoms with Crippen LogP contribution in [0.5, 0.6) is 0 Å². The van der Waals surface area contributed by atoms with Crippen LogP contribution in [0.15, 0.2) is 29.4 Å². The molecule has 1 aliphatic rings. The zero-order chi connectivity index (χ0) is 13.8. The molecule has 5 heteroatoms. The van der Waals surface area contributed by atoms with Gasteiger partial charge in [0.2, 0.25) is 0 Å². The van der Waals surface area contributed by atoms with Gasteiger partial charge in [-0.25, -0.2) is 9.80 Å². The fourth-order valence-corrected chi connectivity index (χ4v) is 1.88. The number of hydrazone groups is 1. The predicted octanol–water partition coefficient (Wildman–Crippen LogP) is 2.02. The number of carbonyl (C=O) groups excluding carboxylic acids is 1. The first-order valence-electron chi connectivity index (χ1n) is 6.15. The van der Waals surface area contributed by atoms with E-state index in [9.17, 15) is 4.79 Å². The van der Waals surface area contributed by atoms with Crippen LogP contribution in [0.1, 0.15) is 18.9 Å². The Morgan fingerprint density at radius 3 is 2.79 bits per heavy atom. The molecule has 5 nitrogen and oxygen atoms in total. The largest absolute Gasteiger partial charge is 0.461 e. The topological polar surface area (TPSA) is 65.7 Å². The molecule has 0 radical (unpaired) electrons. The predicted molar refractivity (Wildman–Crippen MR) is 71.7 cm³/mol. The highest BCUT2D eigenvalue weighted by molar-refractivity contribution is 6.37. The van der Waals surface area contributed by atoms with Gasteiger partial charge in [-0.15, -0.1) is 0 Å². The zero-order valence-electron chi connectivity index (χ0n) is 11.0. The number of anilines is 1. The van der Waals surface area contributed by atoms with E-state index in [0.717, 1.165) is 11.3 Å². The average molecular weight is 257 g/mol. The van der Waals surface area contributed by atoms with Crippen LogP contribution in [0.4, 0.5) is 5.69 Å². The van der Waals surface area contributed by atoms with Crippen LogP contribution < -0.4 is 5.01 Å². The summed E-state index contributed by atoms with van der Waals surface area (Å²) in [7, 11) is 0.